The molecule has 2 aromatic heterocycles. The Morgan fingerprint density at radius 1 is 1.29 bits per heavy atom. The minimum Gasteiger partial charge on any atom is -0.364 e. The van der Waals surface area contributed by atoms with Crippen molar-refractivity contribution in [1.29, 1.82) is 0 Å². The van der Waals surface area contributed by atoms with Gasteiger partial charge in [0.05, 0.1) is 6.54 Å². The quantitative estimate of drug-likeness (QED) is 0.759. The fourth-order valence-electron chi connectivity index (χ4n) is 3.17. The van der Waals surface area contributed by atoms with Crippen LogP contribution in [0.15, 0.2) is 29.1 Å². The van der Waals surface area contributed by atoms with Gasteiger partial charge in [-0.2, -0.15) is 5.10 Å². The lowest BCUT2D eigenvalue weighted by Crippen LogP contribution is -2.20. The van der Waals surface area contributed by atoms with Crippen LogP contribution in [0, 0.1) is 0 Å². The van der Waals surface area contributed by atoms with E-state index in [4.69, 9.17) is 11.6 Å². The molecule has 24 heavy (non-hydrogen) atoms. The Balaban J connectivity index is 1.72. The highest BCUT2D eigenvalue weighted by atomic mass is 35.5. The molecule has 0 bridgehead atoms. The van der Waals surface area contributed by atoms with Crippen LogP contribution in [0.5, 0.6) is 0 Å². The number of aromatic amines is 1. The van der Waals surface area contributed by atoms with Crippen LogP contribution in [0.1, 0.15) is 31.2 Å². The first kappa shape index (κ1) is 15.1. The van der Waals surface area contributed by atoms with Crippen LogP contribution in [0.2, 0.25) is 5.02 Å². The van der Waals surface area contributed by atoms with E-state index in [0.717, 1.165) is 18.4 Å². The second-order valence-electron chi connectivity index (χ2n) is 6.06. The average Bonchev–Trinajstić information content (AvgIpc) is 3.23. The topological polar surface area (TPSA) is 88.5 Å². The van der Waals surface area contributed by atoms with Crippen LogP contribution < -0.4 is 10.9 Å². The maximum Gasteiger partial charge on any atom is 0.292 e. The molecular formula is C16H17ClN6O. The van der Waals surface area contributed by atoms with E-state index in [9.17, 15) is 4.79 Å². The third kappa shape index (κ3) is 2.75. The second kappa shape index (κ2) is 6.24. The molecule has 7 nitrogen and oxygen atoms in total. The van der Waals surface area contributed by atoms with E-state index in [1.54, 1.807) is 4.68 Å². The summed E-state index contributed by atoms with van der Waals surface area (Å²) in [5.41, 5.74) is 1.48. The van der Waals surface area contributed by atoms with Crippen molar-refractivity contribution in [1.82, 2.24) is 25.2 Å². The summed E-state index contributed by atoms with van der Waals surface area (Å²) in [7, 11) is 0. The number of anilines is 1. The van der Waals surface area contributed by atoms with Crippen LogP contribution in [0.3, 0.4) is 0 Å². The third-order valence-corrected chi connectivity index (χ3v) is 4.79. The highest BCUT2D eigenvalue weighted by Crippen LogP contribution is 2.24. The second-order valence-corrected chi connectivity index (χ2v) is 6.47. The Morgan fingerprint density at radius 2 is 2.08 bits per heavy atom. The Bertz CT molecular complexity index is 928. The summed E-state index contributed by atoms with van der Waals surface area (Å²) in [6.45, 7) is 0.381. The van der Waals surface area contributed by atoms with Gasteiger partial charge in [0.1, 0.15) is 0 Å². The van der Waals surface area contributed by atoms with Gasteiger partial charge >= 0.3 is 0 Å². The number of aromatic nitrogens is 5. The van der Waals surface area contributed by atoms with Gasteiger partial charge in [-0.3, -0.25) is 4.79 Å². The molecule has 3 aromatic rings. The molecule has 0 amide bonds. The standard InChI is InChI=1S/C16H17ClN6O/c17-12-8-4-1-5-10(12)9-23-14-13(19-22-23)15(20-21-16(14)24)18-11-6-2-3-7-11/h1,4-5,8,11H,2-3,6-7,9H2,(H,18,20)(H,21,24). The molecule has 0 spiro atoms. The molecule has 0 saturated heterocycles. The molecule has 1 aromatic carbocycles. The summed E-state index contributed by atoms with van der Waals surface area (Å²) < 4.78 is 1.57. The van der Waals surface area contributed by atoms with Crippen molar-refractivity contribution in [2.75, 3.05) is 5.32 Å². The number of hydrogen-bond donors (Lipinski definition) is 2. The highest BCUT2D eigenvalue weighted by molar-refractivity contribution is 6.31. The number of halogens is 1. The van der Waals surface area contributed by atoms with E-state index in [-0.39, 0.29) is 5.56 Å². The predicted molar refractivity (Wildman–Crippen MR) is 92.4 cm³/mol. The van der Waals surface area contributed by atoms with Crippen LogP contribution in [-0.2, 0) is 6.54 Å². The van der Waals surface area contributed by atoms with Crippen molar-refractivity contribution < 1.29 is 0 Å². The summed E-state index contributed by atoms with van der Waals surface area (Å²) in [5, 5.41) is 19.0. The van der Waals surface area contributed by atoms with Gasteiger partial charge in [0.25, 0.3) is 5.56 Å². The summed E-state index contributed by atoms with van der Waals surface area (Å²) in [5.74, 6) is 0.585. The molecule has 0 radical (unpaired) electrons. The van der Waals surface area contributed by atoms with Crippen LogP contribution >= 0.6 is 11.6 Å². The van der Waals surface area contributed by atoms with Crippen molar-refractivity contribution >= 4 is 28.5 Å². The minimum atomic E-state index is -0.306. The molecule has 1 fully saturated rings. The molecule has 2 N–H and O–H groups in total. The lowest BCUT2D eigenvalue weighted by atomic mass is 10.2. The van der Waals surface area contributed by atoms with E-state index >= 15 is 0 Å². The predicted octanol–water partition coefficient (Wildman–Crippen LogP) is 2.57. The van der Waals surface area contributed by atoms with Crippen LogP contribution in [0.4, 0.5) is 5.82 Å². The average molecular weight is 345 g/mol. The van der Waals surface area contributed by atoms with Gasteiger partial charge in [0.15, 0.2) is 16.9 Å². The number of nitrogens with one attached hydrogen (secondary N) is 2. The molecule has 1 saturated carbocycles. The van der Waals surface area contributed by atoms with Gasteiger partial charge < -0.3 is 5.32 Å². The zero-order valence-electron chi connectivity index (χ0n) is 13.0. The van der Waals surface area contributed by atoms with Crippen molar-refractivity contribution in [3.8, 4) is 0 Å². The Morgan fingerprint density at radius 3 is 2.88 bits per heavy atom. The van der Waals surface area contributed by atoms with Crippen molar-refractivity contribution in [3.05, 3.63) is 45.2 Å². The largest absolute Gasteiger partial charge is 0.364 e. The first-order valence-electron chi connectivity index (χ1n) is 8.04. The minimum absolute atomic E-state index is 0.306. The molecule has 0 atom stereocenters. The van der Waals surface area contributed by atoms with E-state index < -0.39 is 0 Å². The van der Waals surface area contributed by atoms with Crippen LogP contribution in [0.25, 0.3) is 11.0 Å². The summed E-state index contributed by atoms with van der Waals surface area (Å²) in [6.07, 6.45) is 4.64. The van der Waals surface area contributed by atoms with Gasteiger partial charge in [0, 0.05) is 11.1 Å². The van der Waals surface area contributed by atoms with Crippen molar-refractivity contribution in [2.45, 2.75) is 38.3 Å². The maximum absolute atomic E-state index is 12.2. The van der Waals surface area contributed by atoms with Crippen LogP contribution in [-0.4, -0.2) is 31.2 Å². The van der Waals surface area contributed by atoms with Gasteiger partial charge in [0.2, 0.25) is 0 Å². The van der Waals surface area contributed by atoms with Crippen molar-refractivity contribution in [3.63, 3.8) is 0 Å². The maximum atomic E-state index is 12.2. The Kier molecular flexibility index (Phi) is 3.93. The molecule has 0 unspecified atom stereocenters. The van der Waals surface area contributed by atoms with Gasteiger partial charge in [-0.1, -0.05) is 47.9 Å². The molecular weight excluding hydrogens is 328 g/mol. The molecule has 1 aliphatic carbocycles. The van der Waals surface area contributed by atoms with E-state index in [0.29, 0.717) is 34.5 Å². The monoisotopic (exact) mass is 344 g/mol. The van der Waals surface area contributed by atoms with E-state index in [1.807, 2.05) is 24.3 Å². The first-order chi connectivity index (χ1) is 11.7. The molecule has 1 aliphatic rings. The zero-order valence-corrected chi connectivity index (χ0v) is 13.8. The SMILES string of the molecule is O=c1[nH]nc(NC2CCCC2)c2nnn(Cc3ccccc3Cl)c12. The number of H-pyrrole nitrogens is 1. The fourth-order valence-corrected chi connectivity index (χ4v) is 3.37. The van der Waals surface area contributed by atoms with Crippen molar-refractivity contribution in [2.24, 2.45) is 0 Å². The molecule has 0 aliphatic heterocycles. The number of hydrogen-bond acceptors (Lipinski definition) is 5. The number of rotatable bonds is 4. The molecule has 8 heteroatoms. The molecule has 2 heterocycles. The molecule has 4 rings (SSSR count). The summed E-state index contributed by atoms with van der Waals surface area (Å²) in [6, 6.07) is 7.86. The Labute approximate surface area is 143 Å². The summed E-state index contributed by atoms with van der Waals surface area (Å²) in [4.78, 5) is 12.2. The number of nitrogens with zero attached hydrogens (tertiary/aromatic N) is 4. The lowest BCUT2D eigenvalue weighted by Gasteiger charge is -2.12. The zero-order chi connectivity index (χ0) is 16.5. The first-order valence-corrected chi connectivity index (χ1v) is 8.42. The highest BCUT2D eigenvalue weighted by Gasteiger charge is 2.20. The van der Waals surface area contributed by atoms with E-state index in [1.165, 1.54) is 12.8 Å². The number of fused-ring (bicyclic) bond motifs is 1. The third-order valence-electron chi connectivity index (χ3n) is 4.42. The van der Waals surface area contributed by atoms with E-state index in [2.05, 4.69) is 25.8 Å². The van der Waals surface area contributed by atoms with Gasteiger partial charge in [-0.25, -0.2) is 9.78 Å². The summed E-state index contributed by atoms with van der Waals surface area (Å²) >= 11 is 6.20. The van der Waals surface area contributed by atoms with Gasteiger partial charge in [-0.05, 0) is 24.5 Å². The number of benzene rings is 1. The normalized spacial score (nSPS) is 15.2. The smallest absolute Gasteiger partial charge is 0.292 e. The fraction of sp³-hybridized carbons (Fsp3) is 0.375. The lowest BCUT2D eigenvalue weighted by molar-refractivity contribution is 0.667. The van der Waals surface area contributed by atoms with Gasteiger partial charge in [-0.15, -0.1) is 5.10 Å². The molecule has 124 valence electrons. The Hall–Kier alpha value is -2.41.